The van der Waals surface area contributed by atoms with Crippen LogP contribution >= 0.6 is 0 Å². The first-order valence-electron chi connectivity index (χ1n) is 9.59. The first-order chi connectivity index (χ1) is 13.9. The third-order valence-electron chi connectivity index (χ3n) is 4.74. The summed E-state index contributed by atoms with van der Waals surface area (Å²) in [5.41, 5.74) is 1.77. The van der Waals surface area contributed by atoms with Crippen LogP contribution in [0.5, 0.6) is 0 Å². The van der Waals surface area contributed by atoms with Crippen LogP contribution in [0.2, 0.25) is 0 Å². The minimum Gasteiger partial charge on any atom is -0.353 e. The van der Waals surface area contributed by atoms with Gasteiger partial charge in [-0.05, 0) is 31.0 Å². The lowest BCUT2D eigenvalue weighted by molar-refractivity contribution is -0.133. The van der Waals surface area contributed by atoms with E-state index in [0.717, 1.165) is 11.3 Å². The predicted octanol–water partition coefficient (Wildman–Crippen LogP) is 3.43. The highest BCUT2D eigenvalue weighted by atomic mass is 19.1. The zero-order chi connectivity index (χ0) is 20.8. The molecule has 1 heterocycles. The van der Waals surface area contributed by atoms with Gasteiger partial charge in [0.1, 0.15) is 11.6 Å². The van der Waals surface area contributed by atoms with E-state index in [-0.39, 0.29) is 36.6 Å². The fourth-order valence-corrected chi connectivity index (χ4v) is 3.25. The van der Waals surface area contributed by atoms with Crippen molar-refractivity contribution in [1.29, 1.82) is 0 Å². The smallest absolute Gasteiger partial charge is 0.243 e. The van der Waals surface area contributed by atoms with Gasteiger partial charge < -0.3 is 5.32 Å². The maximum Gasteiger partial charge on any atom is 0.243 e. The Hall–Kier alpha value is -3.09. The van der Waals surface area contributed by atoms with Gasteiger partial charge in [0.2, 0.25) is 11.8 Å². The van der Waals surface area contributed by atoms with Crippen LogP contribution in [0, 0.1) is 11.6 Å². The number of hydrazone groups is 1. The molecular formula is C22H23F2N3O2. The number of hydrogen-bond donors (Lipinski definition) is 1. The molecule has 2 aromatic rings. The molecule has 5 nitrogen and oxygen atoms in total. The summed E-state index contributed by atoms with van der Waals surface area (Å²) in [6, 6.07) is 12.9. The average Bonchev–Trinajstić information content (AvgIpc) is 3.20. The lowest BCUT2D eigenvalue weighted by Crippen LogP contribution is -2.35. The van der Waals surface area contributed by atoms with E-state index in [0.29, 0.717) is 13.0 Å². The van der Waals surface area contributed by atoms with E-state index in [1.54, 1.807) is 6.92 Å². The molecule has 152 valence electrons. The van der Waals surface area contributed by atoms with Crippen molar-refractivity contribution < 1.29 is 18.4 Å². The number of nitrogens with one attached hydrogen (secondary N) is 1. The summed E-state index contributed by atoms with van der Waals surface area (Å²) >= 11 is 0. The quantitative estimate of drug-likeness (QED) is 0.775. The van der Waals surface area contributed by atoms with Gasteiger partial charge in [-0.2, -0.15) is 5.10 Å². The number of benzene rings is 2. The molecule has 2 amide bonds. The molecule has 0 bridgehead atoms. The number of carbonyl (C=O) groups is 2. The molecule has 0 aliphatic carbocycles. The van der Waals surface area contributed by atoms with E-state index < -0.39 is 17.7 Å². The van der Waals surface area contributed by atoms with Crippen molar-refractivity contribution in [1.82, 2.24) is 10.3 Å². The Kier molecular flexibility index (Phi) is 6.69. The summed E-state index contributed by atoms with van der Waals surface area (Å²) in [5.74, 6) is -1.84. The molecule has 0 saturated heterocycles. The Morgan fingerprint density at radius 3 is 2.45 bits per heavy atom. The SMILES string of the molecule is CC(Cc1c(F)cccc1F)NC(=O)CCC(=O)N1CCC(c2ccccc2)=N1. The zero-order valence-corrected chi connectivity index (χ0v) is 16.2. The van der Waals surface area contributed by atoms with Crippen molar-refractivity contribution >= 4 is 17.5 Å². The number of amides is 2. The molecule has 0 saturated carbocycles. The standard InChI is InChI=1S/C22H23F2N3O2/c1-15(14-17-18(23)8-5-9-19(17)24)25-21(28)10-11-22(29)27-13-12-20(26-27)16-6-3-2-4-7-16/h2-9,15H,10-14H2,1H3,(H,25,28). The van der Waals surface area contributed by atoms with Crippen molar-refractivity contribution in [2.45, 2.75) is 38.6 Å². The molecule has 29 heavy (non-hydrogen) atoms. The van der Waals surface area contributed by atoms with Gasteiger partial charge in [0.05, 0.1) is 12.3 Å². The third-order valence-corrected chi connectivity index (χ3v) is 4.74. The van der Waals surface area contributed by atoms with Gasteiger partial charge in [0.15, 0.2) is 0 Å². The number of rotatable bonds is 7. The number of halogens is 2. The molecule has 1 aliphatic heterocycles. The summed E-state index contributed by atoms with van der Waals surface area (Å²) in [5, 5.41) is 8.44. The topological polar surface area (TPSA) is 61.8 Å². The van der Waals surface area contributed by atoms with Crippen LogP contribution in [0.4, 0.5) is 8.78 Å². The van der Waals surface area contributed by atoms with Crippen molar-refractivity contribution in [3.05, 3.63) is 71.3 Å². The first-order valence-corrected chi connectivity index (χ1v) is 9.59. The number of nitrogens with zero attached hydrogens (tertiary/aromatic N) is 2. The average molecular weight is 399 g/mol. The molecule has 0 radical (unpaired) electrons. The van der Waals surface area contributed by atoms with Gasteiger partial charge in [-0.25, -0.2) is 13.8 Å². The van der Waals surface area contributed by atoms with Gasteiger partial charge in [0, 0.05) is 30.9 Å². The van der Waals surface area contributed by atoms with Crippen LogP contribution in [0.1, 0.15) is 37.3 Å². The highest BCUT2D eigenvalue weighted by molar-refractivity contribution is 6.02. The molecule has 1 N–H and O–H groups in total. The van der Waals surface area contributed by atoms with Crippen LogP contribution in [-0.2, 0) is 16.0 Å². The van der Waals surface area contributed by atoms with Crippen molar-refractivity contribution in [2.75, 3.05) is 6.54 Å². The van der Waals surface area contributed by atoms with Gasteiger partial charge in [-0.3, -0.25) is 9.59 Å². The van der Waals surface area contributed by atoms with E-state index in [4.69, 9.17) is 0 Å². The summed E-state index contributed by atoms with van der Waals surface area (Å²) in [6.07, 6.45) is 0.732. The molecule has 2 aromatic carbocycles. The molecule has 1 aliphatic rings. The second-order valence-corrected chi connectivity index (χ2v) is 7.05. The minimum absolute atomic E-state index is 0.00435. The van der Waals surface area contributed by atoms with Gasteiger partial charge >= 0.3 is 0 Å². The van der Waals surface area contributed by atoms with Crippen LogP contribution in [0.25, 0.3) is 0 Å². The monoisotopic (exact) mass is 399 g/mol. The lowest BCUT2D eigenvalue weighted by atomic mass is 10.1. The molecule has 1 unspecified atom stereocenters. The predicted molar refractivity (Wildman–Crippen MR) is 106 cm³/mol. The lowest BCUT2D eigenvalue weighted by Gasteiger charge is -2.15. The molecular weight excluding hydrogens is 376 g/mol. The van der Waals surface area contributed by atoms with Crippen LogP contribution < -0.4 is 5.32 Å². The van der Waals surface area contributed by atoms with Gasteiger partial charge in [-0.15, -0.1) is 0 Å². The summed E-state index contributed by atoms with van der Waals surface area (Å²) in [6.45, 7) is 2.16. The Morgan fingerprint density at radius 1 is 1.07 bits per heavy atom. The highest BCUT2D eigenvalue weighted by Crippen LogP contribution is 2.16. The van der Waals surface area contributed by atoms with E-state index in [1.165, 1.54) is 23.2 Å². The summed E-state index contributed by atoms with van der Waals surface area (Å²) < 4.78 is 27.4. The highest BCUT2D eigenvalue weighted by Gasteiger charge is 2.22. The van der Waals surface area contributed by atoms with E-state index in [2.05, 4.69) is 10.4 Å². The van der Waals surface area contributed by atoms with Gasteiger partial charge in [0.25, 0.3) is 0 Å². The fraction of sp³-hybridized carbons (Fsp3) is 0.318. The molecule has 1 atom stereocenters. The maximum atomic E-state index is 13.7. The molecule has 3 rings (SSSR count). The minimum atomic E-state index is -0.637. The molecule has 0 spiro atoms. The summed E-state index contributed by atoms with van der Waals surface area (Å²) in [4.78, 5) is 24.4. The zero-order valence-electron chi connectivity index (χ0n) is 16.2. The van der Waals surface area contributed by atoms with Gasteiger partial charge in [-0.1, -0.05) is 36.4 Å². The second-order valence-electron chi connectivity index (χ2n) is 7.05. The van der Waals surface area contributed by atoms with E-state index in [9.17, 15) is 18.4 Å². The first kappa shape index (κ1) is 20.6. The Bertz CT molecular complexity index is 895. The molecule has 7 heteroatoms. The normalized spacial score (nSPS) is 14.4. The Morgan fingerprint density at radius 2 is 1.76 bits per heavy atom. The van der Waals surface area contributed by atoms with E-state index >= 15 is 0 Å². The molecule has 0 fully saturated rings. The summed E-state index contributed by atoms with van der Waals surface area (Å²) in [7, 11) is 0. The van der Waals surface area contributed by atoms with Crippen LogP contribution in [-0.4, -0.2) is 35.1 Å². The molecule has 0 aromatic heterocycles. The number of hydrogen-bond acceptors (Lipinski definition) is 3. The third kappa shape index (κ3) is 5.47. The fourth-order valence-electron chi connectivity index (χ4n) is 3.25. The van der Waals surface area contributed by atoms with E-state index in [1.807, 2.05) is 30.3 Å². The largest absolute Gasteiger partial charge is 0.353 e. The van der Waals surface area contributed by atoms with Crippen molar-refractivity contribution in [3.8, 4) is 0 Å². The Labute approximate surface area is 168 Å². The number of carbonyl (C=O) groups excluding carboxylic acids is 2. The van der Waals surface area contributed by atoms with Crippen molar-refractivity contribution in [2.24, 2.45) is 5.10 Å². The maximum absolute atomic E-state index is 13.7. The van der Waals surface area contributed by atoms with Crippen molar-refractivity contribution in [3.63, 3.8) is 0 Å². The van der Waals surface area contributed by atoms with Crippen LogP contribution in [0.3, 0.4) is 0 Å². The van der Waals surface area contributed by atoms with Crippen LogP contribution in [0.15, 0.2) is 53.6 Å². The second kappa shape index (κ2) is 9.41. The Balaban J connectivity index is 1.47.